The Morgan fingerprint density at radius 1 is 1.15 bits per heavy atom. The Labute approximate surface area is 232 Å². The van der Waals surface area contributed by atoms with Gasteiger partial charge in [-0.15, -0.1) is 4.80 Å². The first kappa shape index (κ1) is 27.7. The Hall–Kier alpha value is -3.88. The predicted octanol–water partition coefficient (Wildman–Crippen LogP) is 2.07. The van der Waals surface area contributed by atoms with Crippen LogP contribution in [0.2, 0.25) is 0 Å². The number of rotatable bonds is 10. The van der Waals surface area contributed by atoms with Crippen LogP contribution >= 0.6 is 11.3 Å². The van der Waals surface area contributed by atoms with E-state index in [0.29, 0.717) is 32.1 Å². The highest BCUT2D eigenvalue weighted by atomic mass is 32.1. The molecule has 0 bridgehead atoms. The van der Waals surface area contributed by atoms with Crippen LogP contribution in [0.1, 0.15) is 29.7 Å². The first-order valence-corrected chi connectivity index (χ1v) is 13.4. The highest BCUT2D eigenvalue weighted by Crippen LogP contribution is 2.34. The van der Waals surface area contributed by atoms with Crippen LogP contribution in [-0.4, -0.2) is 76.0 Å². The fourth-order valence-corrected chi connectivity index (χ4v) is 6.22. The van der Waals surface area contributed by atoms with Gasteiger partial charge in [0.15, 0.2) is 0 Å². The molecule has 0 unspecified atom stereocenters. The summed E-state index contributed by atoms with van der Waals surface area (Å²) in [5.74, 6) is -0.268. The number of fused-ring (bicyclic) bond motifs is 1. The van der Waals surface area contributed by atoms with Crippen LogP contribution in [-0.2, 0) is 20.8 Å². The van der Waals surface area contributed by atoms with Gasteiger partial charge in [-0.05, 0) is 25.1 Å². The van der Waals surface area contributed by atoms with Crippen molar-refractivity contribution in [2.45, 2.75) is 32.0 Å². The zero-order valence-corrected chi connectivity index (χ0v) is 23.3. The number of nitrogens with zero attached hydrogens (tertiary/aromatic N) is 6. The van der Waals surface area contributed by atoms with E-state index in [1.807, 2.05) is 0 Å². The fraction of sp³-hybridized carbons (Fsp3) is 0.423. The fourth-order valence-electron chi connectivity index (χ4n) is 5.00. The number of halogens is 1. The van der Waals surface area contributed by atoms with Crippen molar-refractivity contribution in [3.05, 3.63) is 68.4 Å². The highest BCUT2D eigenvalue weighted by molar-refractivity contribution is 7.21. The van der Waals surface area contributed by atoms with Gasteiger partial charge in [0.05, 0.1) is 50.7 Å². The van der Waals surface area contributed by atoms with Gasteiger partial charge in [0.2, 0.25) is 5.91 Å². The predicted molar refractivity (Wildman–Crippen MR) is 145 cm³/mol. The molecule has 5 rings (SSSR count). The van der Waals surface area contributed by atoms with Crippen molar-refractivity contribution in [1.29, 1.82) is 0 Å². The summed E-state index contributed by atoms with van der Waals surface area (Å²) in [4.78, 5) is 43.6. The average molecular weight is 573 g/mol. The van der Waals surface area contributed by atoms with E-state index < -0.39 is 29.2 Å². The maximum Gasteiger partial charge on any atom is 0.332 e. The number of amides is 1. The first-order chi connectivity index (χ1) is 19.2. The van der Waals surface area contributed by atoms with Gasteiger partial charge in [-0.1, -0.05) is 11.3 Å². The van der Waals surface area contributed by atoms with Crippen LogP contribution in [0.5, 0.6) is 5.75 Å². The van der Waals surface area contributed by atoms with Crippen LogP contribution in [0.4, 0.5) is 4.39 Å². The molecule has 4 heterocycles. The van der Waals surface area contributed by atoms with Crippen molar-refractivity contribution in [3.8, 4) is 10.8 Å². The lowest BCUT2D eigenvalue weighted by Crippen LogP contribution is -2.43. The van der Waals surface area contributed by atoms with Gasteiger partial charge in [-0.25, -0.2) is 9.18 Å². The molecule has 1 fully saturated rings. The Balaban J connectivity index is 1.74. The molecule has 1 aliphatic heterocycles. The van der Waals surface area contributed by atoms with E-state index in [0.717, 1.165) is 4.57 Å². The van der Waals surface area contributed by atoms with Crippen molar-refractivity contribution in [1.82, 2.24) is 29.0 Å². The third-order valence-electron chi connectivity index (χ3n) is 7.00. The molecule has 1 aliphatic rings. The number of benzene rings is 1. The molecule has 1 saturated heterocycles. The molecule has 4 aromatic rings. The molecule has 1 aromatic carbocycles. The van der Waals surface area contributed by atoms with Crippen LogP contribution in [0.25, 0.3) is 15.2 Å². The number of methoxy groups -OCH3 is 2. The van der Waals surface area contributed by atoms with E-state index in [1.54, 1.807) is 14.0 Å². The maximum atomic E-state index is 14.4. The van der Waals surface area contributed by atoms with E-state index in [2.05, 4.69) is 10.2 Å². The molecule has 212 valence electrons. The van der Waals surface area contributed by atoms with Gasteiger partial charge < -0.3 is 19.1 Å². The third kappa shape index (κ3) is 4.93. The van der Waals surface area contributed by atoms with E-state index in [-0.39, 0.29) is 38.6 Å². The zero-order chi connectivity index (χ0) is 28.6. The molecule has 0 N–H and O–H groups in total. The number of aryl methyl sites for hydroxylation is 1. The van der Waals surface area contributed by atoms with Crippen LogP contribution in [0.3, 0.4) is 0 Å². The summed E-state index contributed by atoms with van der Waals surface area (Å²) in [5, 5.41) is 9.31. The minimum atomic E-state index is -0.839. The summed E-state index contributed by atoms with van der Waals surface area (Å²) in [7, 11) is 4.63. The summed E-state index contributed by atoms with van der Waals surface area (Å²) >= 11 is 1.19. The highest BCUT2D eigenvalue weighted by Gasteiger charge is 2.33. The molecule has 0 spiro atoms. The van der Waals surface area contributed by atoms with E-state index >= 15 is 0 Å². The quantitative estimate of drug-likeness (QED) is 0.265. The molecule has 14 heteroatoms. The summed E-state index contributed by atoms with van der Waals surface area (Å²) < 4.78 is 33.7. The first-order valence-electron chi connectivity index (χ1n) is 12.6. The minimum absolute atomic E-state index is 0.0272. The molecule has 2 atom stereocenters. The molecule has 40 heavy (non-hydrogen) atoms. The van der Waals surface area contributed by atoms with Gasteiger partial charge >= 0.3 is 5.69 Å². The van der Waals surface area contributed by atoms with Crippen molar-refractivity contribution < 1.29 is 23.4 Å². The second-order valence-electron chi connectivity index (χ2n) is 9.47. The number of ether oxygens (including phenoxy) is 3. The summed E-state index contributed by atoms with van der Waals surface area (Å²) in [6.07, 6.45) is 2.23. The average Bonchev–Trinajstić information content (AvgIpc) is 3.65. The van der Waals surface area contributed by atoms with Crippen LogP contribution in [0, 0.1) is 12.7 Å². The monoisotopic (exact) mass is 572 g/mol. The smallest absolute Gasteiger partial charge is 0.332 e. The Bertz CT molecular complexity index is 1660. The zero-order valence-electron chi connectivity index (χ0n) is 22.5. The van der Waals surface area contributed by atoms with Crippen molar-refractivity contribution >= 4 is 27.5 Å². The van der Waals surface area contributed by atoms with Crippen molar-refractivity contribution in [3.63, 3.8) is 0 Å². The number of likely N-dealkylation sites (N-methyl/N-ethyl adjacent to an activating group) is 1. The molecular weight excluding hydrogens is 543 g/mol. The molecule has 3 aromatic heterocycles. The number of hydrogen-bond donors (Lipinski definition) is 0. The second kappa shape index (κ2) is 11.3. The van der Waals surface area contributed by atoms with E-state index in [1.165, 1.54) is 70.4 Å². The maximum absolute atomic E-state index is 14.4. The van der Waals surface area contributed by atoms with Crippen LogP contribution < -0.4 is 16.0 Å². The minimum Gasteiger partial charge on any atom is -0.496 e. The van der Waals surface area contributed by atoms with E-state index in [4.69, 9.17) is 14.2 Å². The van der Waals surface area contributed by atoms with Gasteiger partial charge in [-0.2, -0.15) is 10.2 Å². The second-order valence-corrected chi connectivity index (χ2v) is 10.4. The van der Waals surface area contributed by atoms with Gasteiger partial charge in [0.1, 0.15) is 27.5 Å². The topological polar surface area (TPSA) is 123 Å². The lowest BCUT2D eigenvalue weighted by atomic mass is 10.1. The normalized spacial score (nSPS) is 16.3. The molecule has 0 radical (unpaired) electrons. The number of aromatic nitrogens is 5. The van der Waals surface area contributed by atoms with Gasteiger partial charge in [0, 0.05) is 38.2 Å². The number of thiophene rings is 1. The third-order valence-corrected chi connectivity index (χ3v) is 8.28. The standard InChI is InChI=1S/C26H29FN6O6S/c1-15-22-23(35)32(17-12-21(34)30(2)13-17)26(36)31(25(22)40-24(15)33-28-7-8-29-33)14-20(39-10-9-37-3)18-11-16(27)5-6-19(18)38-4/h5-8,11,17,20H,9-10,12-14H2,1-4H3/t17-,20+/m1/s1. The lowest BCUT2D eigenvalue weighted by Gasteiger charge is -2.23. The Morgan fingerprint density at radius 3 is 2.55 bits per heavy atom. The molecule has 0 aliphatic carbocycles. The molecule has 0 saturated carbocycles. The lowest BCUT2D eigenvalue weighted by molar-refractivity contribution is -0.126. The number of likely N-dealkylation sites (tertiary alicyclic amines) is 1. The SMILES string of the molecule is COCCO[C@@H](Cn1c(=O)n([C@@H]2CC(=O)N(C)C2)c(=O)c2c(C)c(-n3nccn3)sc21)c1cc(F)ccc1OC. The molecular formula is C26H29FN6O6S. The van der Waals surface area contributed by atoms with Gasteiger partial charge in [0.25, 0.3) is 5.56 Å². The van der Waals surface area contributed by atoms with Crippen molar-refractivity contribution in [2.75, 3.05) is 41.0 Å². The number of carbonyl (C=O) groups is 1. The number of carbonyl (C=O) groups excluding carboxylic acids is 1. The number of hydrogen-bond acceptors (Lipinski definition) is 9. The molecule has 1 amide bonds. The Morgan fingerprint density at radius 2 is 1.90 bits per heavy atom. The summed E-state index contributed by atoms with van der Waals surface area (Å²) in [6.45, 7) is 2.35. The van der Waals surface area contributed by atoms with E-state index in [9.17, 15) is 18.8 Å². The molecule has 12 nitrogen and oxygen atoms in total. The van der Waals surface area contributed by atoms with Crippen molar-refractivity contribution in [2.24, 2.45) is 0 Å². The van der Waals surface area contributed by atoms with Gasteiger partial charge in [-0.3, -0.25) is 18.7 Å². The largest absolute Gasteiger partial charge is 0.496 e. The van der Waals surface area contributed by atoms with Crippen LogP contribution in [0.15, 0.2) is 40.2 Å². The summed E-state index contributed by atoms with van der Waals surface area (Å²) in [6, 6.07) is 3.43. The Kier molecular flexibility index (Phi) is 7.83. The summed E-state index contributed by atoms with van der Waals surface area (Å²) in [5.41, 5.74) is -0.0878.